The second kappa shape index (κ2) is 9.65. The van der Waals surface area contributed by atoms with E-state index in [2.05, 4.69) is 34.3 Å². The van der Waals surface area contributed by atoms with Crippen molar-refractivity contribution >= 4 is 17.5 Å². The van der Waals surface area contributed by atoms with Crippen molar-refractivity contribution in [2.45, 2.75) is 37.9 Å². The summed E-state index contributed by atoms with van der Waals surface area (Å²) in [6.45, 7) is 10.1. The molecule has 3 aliphatic heterocycles. The van der Waals surface area contributed by atoms with Crippen LogP contribution >= 0.6 is 0 Å². The summed E-state index contributed by atoms with van der Waals surface area (Å²) in [5.74, 6) is -0.579. The summed E-state index contributed by atoms with van der Waals surface area (Å²) >= 11 is 0. The van der Waals surface area contributed by atoms with Crippen LogP contribution < -0.4 is 10.6 Å². The van der Waals surface area contributed by atoms with E-state index in [0.717, 1.165) is 50.6 Å². The van der Waals surface area contributed by atoms with Crippen LogP contribution in [0.2, 0.25) is 0 Å². The van der Waals surface area contributed by atoms with Gasteiger partial charge in [-0.3, -0.25) is 24.3 Å². The van der Waals surface area contributed by atoms with Gasteiger partial charge in [-0.25, -0.2) is 0 Å². The number of benzene rings is 1. The van der Waals surface area contributed by atoms with Crippen LogP contribution in [0.15, 0.2) is 24.3 Å². The number of ether oxygens (including phenoxy) is 1. The largest absolute Gasteiger partial charge is 0.384 e. The van der Waals surface area contributed by atoms with Crippen molar-refractivity contribution in [2.75, 3.05) is 64.8 Å². The Morgan fingerprint density at radius 3 is 2.81 bits per heavy atom. The minimum absolute atomic E-state index is 0.135. The highest BCUT2D eigenvalue weighted by Crippen LogP contribution is 2.32. The zero-order valence-electron chi connectivity index (χ0n) is 18.8. The number of carbonyl (C=O) groups excluding carboxylic acids is 2. The molecule has 0 aromatic heterocycles. The maximum atomic E-state index is 13.1. The molecule has 8 nitrogen and oxygen atoms in total. The molecule has 4 rings (SSSR count). The van der Waals surface area contributed by atoms with Gasteiger partial charge in [-0.05, 0) is 25.5 Å². The first-order valence-electron chi connectivity index (χ1n) is 11.4. The molecule has 1 aromatic rings. The topological polar surface area (TPSA) is 77.2 Å². The third-order valence-corrected chi connectivity index (χ3v) is 6.85. The van der Waals surface area contributed by atoms with Gasteiger partial charge in [0.1, 0.15) is 0 Å². The van der Waals surface area contributed by atoms with Crippen LogP contribution in [-0.2, 0) is 14.3 Å². The monoisotopic (exact) mass is 429 g/mol. The zero-order chi connectivity index (χ0) is 22.0. The number of carbonyl (C=O) groups is 2. The fourth-order valence-electron chi connectivity index (χ4n) is 4.85. The summed E-state index contributed by atoms with van der Waals surface area (Å²) in [4.78, 5) is 32.2. The molecule has 0 saturated carbocycles. The van der Waals surface area contributed by atoms with Crippen LogP contribution in [0, 0.1) is 0 Å². The Morgan fingerprint density at radius 2 is 2.00 bits per heavy atom. The van der Waals surface area contributed by atoms with Crippen molar-refractivity contribution in [1.82, 2.24) is 20.0 Å². The van der Waals surface area contributed by atoms with Gasteiger partial charge < -0.3 is 15.4 Å². The zero-order valence-corrected chi connectivity index (χ0v) is 18.8. The van der Waals surface area contributed by atoms with Crippen molar-refractivity contribution in [1.29, 1.82) is 0 Å². The van der Waals surface area contributed by atoms with Crippen molar-refractivity contribution in [2.24, 2.45) is 0 Å². The molecule has 31 heavy (non-hydrogen) atoms. The lowest BCUT2D eigenvalue weighted by Crippen LogP contribution is -2.62. The number of para-hydroxylation sites is 1. The molecule has 2 saturated heterocycles. The van der Waals surface area contributed by atoms with Crippen LogP contribution in [-0.4, -0.2) is 104 Å². The summed E-state index contributed by atoms with van der Waals surface area (Å²) in [7, 11) is 1.62. The maximum Gasteiger partial charge on any atom is 0.243 e. The smallest absolute Gasteiger partial charge is 0.243 e. The maximum absolute atomic E-state index is 13.1. The number of nitrogens with one attached hydrogen (secondary N) is 2. The summed E-state index contributed by atoms with van der Waals surface area (Å²) in [5.41, 5.74) is 1.96. The fraction of sp³-hybridized carbons (Fsp3) is 0.652. The predicted octanol–water partition coefficient (Wildman–Crippen LogP) is 0.564. The number of hydrogen-bond acceptors (Lipinski definition) is 7. The summed E-state index contributed by atoms with van der Waals surface area (Å²) in [5, 5.41) is 6.82. The fourth-order valence-corrected chi connectivity index (χ4v) is 4.85. The van der Waals surface area contributed by atoms with E-state index in [-0.39, 0.29) is 30.3 Å². The Bertz CT molecular complexity index is 803. The van der Waals surface area contributed by atoms with Gasteiger partial charge in [-0.15, -0.1) is 0 Å². The summed E-state index contributed by atoms with van der Waals surface area (Å²) in [6, 6.07) is 8.76. The molecule has 170 valence electrons. The number of imide groups is 1. The normalized spacial score (nSPS) is 29.3. The molecule has 2 N–H and O–H groups in total. The van der Waals surface area contributed by atoms with Crippen LogP contribution in [0.25, 0.3) is 0 Å². The second-order valence-electron chi connectivity index (χ2n) is 9.12. The van der Waals surface area contributed by atoms with Gasteiger partial charge in [0.2, 0.25) is 11.8 Å². The van der Waals surface area contributed by atoms with E-state index < -0.39 is 0 Å². The Kier molecular flexibility index (Phi) is 6.91. The Labute approximate surface area is 184 Å². The van der Waals surface area contributed by atoms with E-state index in [1.54, 1.807) is 7.05 Å². The third kappa shape index (κ3) is 4.92. The third-order valence-electron chi connectivity index (χ3n) is 6.85. The minimum Gasteiger partial charge on any atom is -0.384 e. The SMILES string of the molecule is C[C@@H]1CN(CC(=O)N(C)C(=O)C2CNc3ccccc32)[C@@H](CN2CCOC[C@H]2C)CN1. The molecule has 2 amide bonds. The Balaban J connectivity index is 1.39. The number of morpholine rings is 1. The van der Waals surface area contributed by atoms with E-state index in [1.165, 1.54) is 4.90 Å². The summed E-state index contributed by atoms with van der Waals surface area (Å²) < 4.78 is 5.57. The molecule has 0 spiro atoms. The van der Waals surface area contributed by atoms with E-state index >= 15 is 0 Å². The van der Waals surface area contributed by atoms with E-state index in [9.17, 15) is 9.59 Å². The first-order chi connectivity index (χ1) is 14.9. The number of anilines is 1. The summed E-state index contributed by atoms with van der Waals surface area (Å²) in [6.07, 6.45) is 0. The Morgan fingerprint density at radius 1 is 1.19 bits per heavy atom. The average molecular weight is 430 g/mol. The molecule has 3 heterocycles. The number of rotatable bonds is 5. The van der Waals surface area contributed by atoms with E-state index in [1.807, 2.05) is 24.3 Å². The lowest BCUT2D eigenvalue weighted by molar-refractivity contribution is -0.145. The van der Waals surface area contributed by atoms with Gasteiger partial charge in [-0.1, -0.05) is 18.2 Å². The van der Waals surface area contributed by atoms with E-state index in [4.69, 9.17) is 4.74 Å². The molecule has 4 atom stereocenters. The number of hydrogen-bond donors (Lipinski definition) is 2. The van der Waals surface area contributed by atoms with Gasteiger partial charge in [0.15, 0.2) is 0 Å². The first kappa shape index (κ1) is 22.2. The van der Waals surface area contributed by atoms with Crippen molar-refractivity contribution in [3.63, 3.8) is 0 Å². The minimum atomic E-state index is -0.308. The van der Waals surface area contributed by atoms with Crippen molar-refractivity contribution in [3.8, 4) is 0 Å². The lowest BCUT2D eigenvalue weighted by atomic mass is 10.00. The van der Waals surface area contributed by atoms with Gasteiger partial charge in [0.25, 0.3) is 0 Å². The second-order valence-corrected chi connectivity index (χ2v) is 9.12. The molecule has 8 heteroatoms. The van der Waals surface area contributed by atoms with Gasteiger partial charge in [0, 0.05) is 63.6 Å². The molecule has 0 radical (unpaired) electrons. The number of likely N-dealkylation sites (N-methyl/N-ethyl adjacent to an activating group) is 1. The number of nitrogens with zero attached hydrogens (tertiary/aromatic N) is 3. The lowest BCUT2D eigenvalue weighted by Gasteiger charge is -2.43. The molecule has 1 aromatic carbocycles. The number of amides is 2. The van der Waals surface area contributed by atoms with Gasteiger partial charge in [-0.2, -0.15) is 0 Å². The van der Waals surface area contributed by atoms with E-state index in [0.29, 0.717) is 18.6 Å². The quantitative estimate of drug-likeness (QED) is 0.708. The molecule has 1 unspecified atom stereocenters. The highest BCUT2D eigenvalue weighted by Gasteiger charge is 2.35. The van der Waals surface area contributed by atoms with Gasteiger partial charge in [0.05, 0.1) is 25.7 Å². The van der Waals surface area contributed by atoms with Crippen molar-refractivity contribution in [3.05, 3.63) is 29.8 Å². The Hall–Kier alpha value is -2.00. The molecule has 3 aliphatic rings. The number of fused-ring (bicyclic) bond motifs is 1. The average Bonchev–Trinajstić information content (AvgIpc) is 3.20. The van der Waals surface area contributed by atoms with Crippen LogP contribution in [0.4, 0.5) is 5.69 Å². The molecule has 0 bridgehead atoms. The molecular weight excluding hydrogens is 394 g/mol. The standard InChI is InChI=1S/C23H35N5O3/c1-16-12-28(18(10-24-16)13-27-8-9-31-15-17(27)2)14-22(29)26(3)23(30)20-11-25-21-7-5-4-6-19(20)21/h4-7,16-18,20,24-25H,8-15H2,1-3H3/t16-,17-,18-,20?/m1/s1. The van der Waals surface area contributed by atoms with Crippen LogP contribution in [0.1, 0.15) is 25.3 Å². The predicted molar refractivity (Wildman–Crippen MR) is 120 cm³/mol. The van der Waals surface area contributed by atoms with Crippen LogP contribution in [0.3, 0.4) is 0 Å². The number of piperazine rings is 1. The molecule has 2 fully saturated rings. The highest BCUT2D eigenvalue weighted by molar-refractivity contribution is 6.00. The molecule has 0 aliphatic carbocycles. The van der Waals surface area contributed by atoms with Crippen molar-refractivity contribution < 1.29 is 14.3 Å². The first-order valence-corrected chi connectivity index (χ1v) is 11.4. The van der Waals surface area contributed by atoms with Gasteiger partial charge >= 0.3 is 0 Å². The highest BCUT2D eigenvalue weighted by atomic mass is 16.5. The van der Waals surface area contributed by atoms with Crippen LogP contribution in [0.5, 0.6) is 0 Å². The molecular formula is C23H35N5O3.